The average molecular weight is 316 g/mol. The molecule has 0 unspecified atom stereocenters. The molecule has 0 aliphatic heterocycles. The summed E-state index contributed by atoms with van der Waals surface area (Å²) in [6.45, 7) is 10.2. The van der Waals surface area contributed by atoms with Crippen LogP contribution in [0.1, 0.15) is 40.5 Å². The van der Waals surface area contributed by atoms with Crippen LogP contribution in [0.3, 0.4) is 0 Å². The molecule has 120 valence electrons. The number of nitrogens with zero attached hydrogens (tertiary/aromatic N) is 2. The fraction of sp³-hybridized carbons (Fsp3) is 0.733. The predicted molar refractivity (Wildman–Crippen MR) is 87.2 cm³/mol. The summed E-state index contributed by atoms with van der Waals surface area (Å²) in [6.07, 6.45) is 3.82. The number of ether oxygens (including phenoxy) is 1. The fourth-order valence-electron chi connectivity index (χ4n) is 1.83. The second kappa shape index (κ2) is 9.05. The predicted octanol–water partition coefficient (Wildman–Crippen LogP) is 3.17. The van der Waals surface area contributed by atoms with Crippen molar-refractivity contribution in [2.75, 3.05) is 18.5 Å². The number of anilines is 1. The highest BCUT2D eigenvalue weighted by Crippen LogP contribution is 2.15. The first kappa shape index (κ1) is 18.0. The van der Waals surface area contributed by atoms with E-state index < -0.39 is 0 Å². The van der Waals surface area contributed by atoms with Crippen molar-refractivity contribution < 1.29 is 4.74 Å². The summed E-state index contributed by atoms with van der Waals surface area (Å²) in [5.41, 5.74) is 0.366. The van der Waals surface area contributed by atoms with Crippen molar-refractivity contribution in [3.8, 4) is 0 Å². The lowest BCUT2D eigenvalue weighted by Crippen LogP contribution is -2.26. The molecule has 0 bridgehead atoms. The average Bonchev–Trinajstić information content (AvgIpc) is 2.40. The van der Waals surface area contributed by atoms with E-state index in [1.165, 1.54) is 4.68 Å². The minimum absolute atomic E-state index is 0.212. The molecule has 0 radical (unpaired) electrons. The molecule has 1 aromatic rings. The van der Waals surface area contributed by atoms with Crippen LogP contribution in [0, 0.1) is 5.92 Å². The summed E-state index contributed by atoms with van der Waals surface area (Å²) >= 11 is 6.10. The van der Waals surface area contributed by atoms with Gasteiger partial charge in [-0.25, -0.2) is 4.68 Å². The smallest absolute Gasteiger partial charge is 0.287 e. The van der Waals surface area contributed by atoms with Crippen LogP contribution in [0.15, 0.2) is 11.0 Å². The minimum Gasteiger partial charge on any atom is -0.382 e. The van der Waals surface area contributed by atoms with Crippen LogP contribution < -0.4 is 10.9 Å². The van der Waals surface area contributed by atoms with E-state index in [9.17, 15) is 4.79 Å². The van der Waals surface area contributed by atoms with Gasteiger partial charge in [0.1, 0.15) is 5.02 Å². The lowest BCUT2D eigenvalue weighted by molar-refractivity contribution is 0.0765. The second-order valence-electron chi connectivity index (χ2n) is 5.81. The first-order valence-corrected chi connectivity index (χ1v) is 7.90. The molecule has 0 aliphatic rings. The number of hydrogen-bond donors (Lipinski definition) is 1. The van der Waals surface area contributed by atoms with Gasteiger partial charge in [0, 0.05) is 19.7 Å². The van der Waals surface area contributed by atoms with Crippen LogP contribution in [0.5, 0.6) is 0 Å². The van der Waals surface area contributed by atoms with Gasteiger partial charge >= 0.3 is 0 Å². The van der Waals surface area contributed by atoms with E-state index in [2.05, 4.69) is 10.4 Å². The molecule has 0 fully saturated rings. The van der Waals surface area contributed by atoms with E-state index in [1.807, 2.05) is 27.7 Å². The van der Waals surface area contributed by atoms with E-state index in [0.717, 1.165) is 26.0 Å². The van der Waals surface area contributed by atoms with Gasteiger partial charge in [0.2, 0.25) is 0 Å². The van der Waals surface area contributed by atoms with Crippen molar-refractivity contribution in [2.24, 2.45) is 5.92 Å². The molecular formula is C15H26ClN3O2. The summed E-state index contributed by atoms with van der Waals surface area (Å²) in [4.78, 5) is 12.0. The molecule has 1 N–H and O–H groups in total. The second-order valence-corrected chi connectivity index (χ2v) is 6.18. The Morgan fingerprint density at radius 1 is 1.33 bits per heavy atom. The highest BCUT2D eigenvalue weighted by Gasteiger charge is 2.09. The first-order valence-electron chi connectivity index (χ1n) is 7.53. The first-order chi connectivity index (χ1) is 9.91. The van der Waals surface area contributed by atoms with Crippen LogP contribution >= 0.6 is 11.6 Å². The van der Waals surface area contributed by atoms with Crippen molar-refractivity contribution in [1.29, 1.82) is 0 Å². The zero-order chi connectivity index (χ0) is 15.8. The van der Waals surface area contributed by atoms with E-state index in [4.69, 9.17) is 16.3 Å². The van der Waals surface area contributed by atoms with E-state index in [-0.39, 0.29) is 16.7 Å². The number of unbranched alkanes of at least 4 members (excludes halogenated alkanes) is 1. The molecule has 21 heavy (non-hydrogen) atoms. The van der Waals surface area contributed by atoms with Gasteiger partial charge in [-0.2, -0.15) is 5.10 Å². The van der Waals surface area contributed by atoms with Gasteiger partial charge in [-0.3, -0.25) is 4.79 Å². The molecule has 0 saturated carbocycles. The van der Waals surface area contributed by atoms with Gasteiger partial charge in [0.05, 0.1) is 18.0 Å². The molecule has 1 heterocycles. The molecule has 5 nitrogen and oxygen atoms in total. The third-order valence-corrected chi connectivity index (χ3v) is 3.23. The molecule has 0 amide bonds. The molecule has 0 aromatic carbocycles. The lowest BCUT2D eigenvalue weighted by Gasteiger charge is -2.12. The Balaban J connectivity index is 2.46. The Morgan fingerprint density at radius 3 is 2.67 bits per heavy atom. The summed E-state index contributed by atoms with van der Waals surface area (Å²) < 4.78 is 6.88. The Kier molecular flexibility index (Phi) is 7.75. The van der Waals surface area contributed by atoms with Crippen LogP contribution in [-0.4, -0.2) is 29.0 Å². The molecular weight excluding hydrogens is 290 g/mol. The monoisotopic (exact) mass is 315 g/mol. The maximum atomic E-state index is 12.0. The number of rotatable bonds is 9. The topological polar surface area (TPSA) is 56.1 Å². The van der Waals surface area contributed by atoms with Gasteiger partial charge < -0.3 is 10.1 Å². The molecule has 0 spiro atoms. The normalized spacial score (nSPS) is 11.4. The number of halogens is 1. The molecule has 0 atom stereocenters. The maximum Gasteiger partial charge on any atom is 0.287 e. The van der Waals surface area contributed by atoms with Gasteiger partial charge in [-0.05, 0) is 32.6 Å². The standard InChI is InChI=1S/C15H26ClN3O2/c1-11(2)10-19-15(20)14(16)13(9-18-19)17-7-5-6-8-21-12(3)4/h9,11-12,17H,5-8,10H2,1-4H3. The largest absolute Gasteiger partial charge is 0.382 e. The number of hydrogen-bond acceptors (Lipinski definition) is 4. The summed E-state index contributed by atoms with van der Waals surface area (Å²) in [7, 11) is 0. The van der Waals surface area contributed by atoms with E-state index in [0.29, 0.717) is 18.2 Å². The van der Waals surface area contributed by atoms with Gasteiger partial charge in [-0.15, -0.1) is 0 Å². The summed E-state index contributed by atoms with van der Waals surface area (Å²) in [5.74, 6) is 0.353. The quantitative estimate of drug-likeness (QED) is 0.711. The summed E-state index contributed by atoms with van der Waals surface area (Å²) in [6, 6.07) is 0. The fourth-order valence-corrected chi connectivity index (χ4v) is 2.05. The molecule has 6 heteroatoms. The Morgan fingerprint density at radius 2 is 2.05 bits per heavy atom. The highest BCUT2D eigenvalue weighted by molar-refractivity contribution is 6.32. The summed E-state index contributed by atoms with van der Waals surface area (Å²) in [5, 5.41) is 7.52. The lowest BCUT2D eigenvalue weighted by atomic mass is 10.2. The van der Waals surface area contributed by atoms with Crippen LogP contribution in [-0.2, 0) is 11.3 Å². The van der Waals surface area contributed by atoms with E-state index >= 15 is 0 Å². The SMILES string of the molecule is CC(C)Cn1ncc(NCCCCOC(C)C)c(Cl)c1=O. The number of aromatic nitrogens is 2. The molecule has 0 aliphatic carbocycles. The van der Waals surface area contributed by atoms with E-state index in [1.54, 1.807) is 6.20 Å². The van der Waals surface area contributed by atoms with Crippen molar-refractivity contribution in [3.05, 3.63) is 21.6 Å². The van der Waals surface area contributed by atoms with Gasteiger partial charge in [0.25, 0.3) is 5.56 Å². The molecule has 1 rings (SSSR count). The molecule has 1 aromatic heterocycles. The molecule has 0 saturated heterocycles. The Bertz CT molecular complexity index is 486. The third-order valence-electron chi connectivity index (χ3n) is 2.86. The van der Waals surface area contributed by atoms with Crippen molar-refractivity contribution in [1.82, 2.24) is 9.78 Å². The highest BCUT2D eigenvalue weighted by atomic mass is 35.5. The van der Waals surface area contributed by atoms with Gasteiger partial charge in [-0.1, -0.05) is 25.4 Å². The van der Waals surface area contributed by atoms with Crippen molar-refractivity contribution in [3.63, 3.8) is 0 Å². The van der Waals surface area contributed by atoms with Crippen molar-refractivity contribution >= 4 is 17.3 Å². The van der Waals surface area contributed by atoms with Crippen LogP contribution in [0.4, 0.5) is 5.69 Å². The van der Waals surface area contributed by atoms with Crippen molar-refractivity contribution in [2.45, 2.75) is 53.2 Å². The Hall–Kier alpha value is -1.07. The minimum atomic E-state index is -0.237. The Labute approximate surface area is 131 Å². The van der Waals surface area contributed by atoms with Crippen LogP contribution in [0.2, 0.25) is 5.02 Å². The zero-order valence-electron chi connectivity index (χ0n) is 13.4. The number of nitrogens with one attached hydrogen (secondary N) is 1. The third kappa shape index (κ3) is 6.48. The maximum absolute atomic E-state index is 12.0. The van der Waals surface area contributed by atoms with Gasteiger partial charge in [0.15, 0.2) is 0 Å². The zero-order valence-corrected chi connectivity index (χ0v) is 14.1. The van der Waals surface area contributed by atoms with Crippen LogP contribution in [0.25, 0.3) is 0 Å².